The predicted molar refractivity (Wildman–Crippen MR) is 164 cm³/mol. The molecule has 3 aromatic rings. The molecule has 1 saturated heterocycles. The molecule has 2 aliphatic carbocycles. The lowest BCUT2D eigenvalue weighted by Crippen LogP contribution is -2.41. The van der Waals surface area contributed by atoms with Crippen LogP contribution in [0.25, 0.3) is 0 Å². The topological polar surface area (TPSA) is 116 Å². The number of aromatic nitrogens is 2. The Morgan fingerprint density at radius 1 is 1.05 bits per heavy atom. The van der Waals surface area contributed by atoms with E-state index in [-0.39, 0.29) is 17.8 Å². The van der Waals surface area contributed by atoms with Gasteiger partial charge in [-0.3, -0.25) is 4.79 Å². The number of aliphatic hydroxyl groups is 1. The van der Waals surface area contributed by atoms with Gasteiger partial charge in [-0.15, -0.1) is 0 Å². The molecule has 8 nitrogen and oxygen atoms in total. The number of nitrogens with zero attached hydrogens (tertiary/aromatic N) is 3. The lowest BCUT2D eigenvalue weighted by Gasteiger charge is -2.41. The normalized spacial score (nSPS) is 21.5. The van der Waals surface area contributed by atoms with E-state index in [1.165, 1.54) is 42.5 Å². The number of aliphatic hydroxyl groups excluding tert-OH is 1. The summed E-state index contributed by atoms with van der Waals surface area (Å²) in [4.78, 5) is 24.3. The number of hydrogen-bond acceptors (Lipinski definition) is 7. The van der Waals surface area contributed by atoms with Gasteiger partial charge in [0.2, 0.25) is 0 Å². The zero-order valence-electron chi connectivity index (χ0n) is 24.2. The van der Waals surface area contributed by atoms with E-state index in [9.17, 15) is 9.90 Å². The first-order valence-electron chi connectivity index (χ1n) is 15.2. The summed E-state index contributed by atoms with van der Waals surface area (Å²) in [6.45, 7) is 6.23. The molecule has 1 aliphatic heterocycles. The van der Waals surface area contributed by atoms with Crippen molar-refractivity contribution in [1.82, 2.24) is 9.97 Å². The van der Waals surface area contributed by atoms with Crippen LogP contribution in [0.1, 0.15) is 84.7 Å². The molecule has 5 N–H and O–H groups in total. The van der Waals surface area contributed by atoms with E-state index >= 15 is 0 Å². The molecule has 0 radical (unpaired) electrons. The molecule has 1 amide bonds. The fourth-order valence-corrected chi connectivity index (χ4v) is 7.19. The van der Waals surface area contributed by atoms with Crippen molar-refractivity contribution in [1.29, 1.82) is 0 Å². The molecule has 0 unspecified atom stereocenters. The SMILES string of the molecule is CCc1nc(C(N)=O)c(Nc2ccc(N3CCC4(CCc5ccccc54)CC3)c(C)c2)nc1NC1CCC(O)CC1. The van der Waals surface area contributed by atoms with Crippen LogP contribution >= 0.6 is 0 Å². The van der Waals surface area contributed by atoms with E-state index < -0.39 is 5.91 Å². The molecule has 6 rings (SSSR count). The Hall–Kier alpha value is -3.65. The summed E-state index contributed by atoms with van der Waals surface area (Å²) in [6, 6.07) is 15.6. The highest BCUT2D eigenvalue weighted by atomic mass is 16.3. The highest BCUT2D eigenvalue weighted by Crippen LogP contribution is 2.47. The number of carbonyl (C=O) groups excluding carboxylic acids is 1. The number of primary amides is 1. The van der Waals surface area contributed by atoms with Gasteiger partial charge in [-0.25, -0.2) is 9.97 Å². The Morgan fingerprint density at radius 3 is 2.51 bits per heavy atom. The van der Waals surface area contributed by atoms with Gasteiger partial charge in [-0.1, -0.05) is 31.2 Å². The monoisotopic (exact) mass is 554 g/mol. The molecular formula is C33H42N6O2. The number of rotatable bonds is 7. The Kier molecular flexibility index (Phi) is 7.60. The van der Waals surface area contributed by atoms with Crippen LogP contribution in [0, 0.1) is 6.92 Å². The molecule has 2 aromatic carbocycles. The number of fused-ring (bicyclic) bond motifs is 2. The van der Waals surface area contributed by atoms with Gasteiger partial charge in [0, 0.05) is 30.5 Å². The largest absolute Gasteiger partial charge is 0.393 e. The molecule has 2 fully saturated rings. The van der Waals surface area contributed by atoms with E-state index in [0.717, 1.165) is 50.2 Å². The average molecular weight is 555 g/mol. The number of anilines is 4. The van der Waals surface area contributed by atoms with Gasteiger partial charge in [-0.2, -0.15) is 0 Å². The summed E-state index contributed by atoms with van der Waals surface area (Å²) in [5.41, 5.74) is 13.3. The highest BCUT2D eigenvalue weighted by Gasteiger charge is 2.41. The van der Waals surface area contributed by atoms with Crippen molar-refractivity contribution in [2.24, 2.45) is 5.73 Å². The van der Waals surface area contributed by atoms with Crippen molar-refractivity contribution in [3.63, 3.8) is 0 Å². The molecule has 8 heteroatoms. The van der Waals surface area contributed by atoms with Crippen LogP contribution in [0.4, 0.5) is 23.0 Å². The average Bonchev–Trinajstić information content (AvgIpc) is 3.33. The maximum Gasteiger partial charge on any atom is 0.271 e. The van der Waals surface area contributed by atoms with Crippen LogP contribution in [0.2, 0.25) is 0 Å². The summed E-state index contributed by atoms with van der Waals surface area (Å²) < 4.78 is 0. The van der Waals surface area contributed by atoms with Crippen LogP contribution in [0.3, 0.4) is 0 Å². The number of hydrogen-bond donors (Lipinski definition) is 4. The highest BCUT2D eigenvalue weighted by molar-refractivity contribution is 5.96. The van der Waals surface area contributed by atoms with Gasteiger partial charge in [0.1, 0.15) is 5.82 Å². The number of nitrogens with one attached hydrogen (secondary N) is 2. The summed E-state index contributed by atoms with van der Waals surface area (Å²) >= 11 is 0. The first-order chi connectivity index (χ1) is 19.8. The molecule has 0 bridgehead atoms. The summed E-state index contributed by atoms with van der Waals surface area (Å²) in [5, 5.41) is 16.7. The van der Waals surface area contributed by atoms with Crippen LogP contribution in [-0.4, -0.2) is 46.2 Å². The van der Waals surface area contributed by atoms with Crippen LogP contribution < -0.4 is 21.3 Å². The first-order valence-corrected chi connectivity index (χ1v) is 15.2. The lowest BCUT2D eigenvalue weighted by molar-refractivity contribution is 0.0996. The maximum absolute atomic E-state index is 12.4. The number of aryl methyl sites for hydroxylation is 3. The number of piperidine rings is 1. The minimum atomic E-state index is -0.605. The van der Waals surface area contributed by atoms with E-state index in [0.29, 0.717) is 23.5 Å². The smallest absolute Gasteiger partial charge is 0.271 e. The minimum Gasteiger partial charge on any atom is -0.393 e. The maximum atomic E-state index is 12.4. The third-order valence-electron chi connectivity index (χ3n) is 9.56. The molecule has 1 spiro atoms. The Labute approximate surface area is 242 Å². The van der Waals surface area contributed by atoms with Crippen molar-refractivity contribution in [2.45, 2.75) is 89.2 Å². The second kappa shape index (κ2) is 11.3. The quantitative estimate of drug-likeness (QED) is 0.309. The van der Waals surface area contributed by atoms with Crippen molar-refractivity contribution in [2.75, 3.05) is 28.6 Å². The van der Waals surface area contributed by atoms with Crippen molar-refractivity contribution >= 4 is 28.9 Å². The van der Waals surface area contributed by atoms with Crippen LogP contribution in [0.5, 0.6) is 0 Å². The summed E-state index contributed by atoms with van der Waals surface area (Å²) in [7, 11) is 0. The summed E-state index contributed by atoms with van der Waals surface area (Å²) in [5.74, 6) is 0.427. The minimum absolute atomic E-state index is 0.145. The third-order valence-corrected chi connectivity index (χ3v) is 9.56. The third kappa shape index (κ3) is 5.49. The number of carbonyl (C=O) groups is 1. The van der Waals surface area contributed by atoms with Gasteiger partial charge < -0.3 is 26.4 Å². The molecule has 0 atom stereocenters. The lowest BCUT2D eigenvalue weighted by atomic mass is 9.73. The Bertz CT molecular complexity index is 1420. The second-order valence-electron chi connectivity index (χ2n) is 12.1. The molecule has 41 heavy (non-hydrogen) atoms. The molecular weight excluding hydrogens is 512 g/mol. The van der Waals surface area contributed by atoms with Crippen molar-refractivity contribution < 1.29 is 9.90 Å². The zero-order valence-corrected chi connectivity index (χ0v) is 24.2. The van der Waals surface area contributed by atoms with Gasteiger partial charge in [0.25, 0.3) is 5.91 Å². The molecule has 216 valence electrons. The van der Waals surface area contributed by atoms with Gasteiger partial charge in [-0.05, 0) is 105 Å². The molecule has 1 aromatic heterocycles. The van der Waals surface area contributed by atoms with Crippen molar-refractivity contribution in [3.05, 3.63) is 70.5 Å². The van der Waals surface area contributed by atoms with E-state index in [4.69, 9.17) is 10.7 Å². The van der Waals surface area contributed by atoms with Crippen LogP contribution in [0.15, 0.2) is 42.5 Å². The Morgan fingerprint density at radius 2 is 1.80 bits per heavy atom. The first kappa shape index (κ1) is 27.5. The van der Waals surface area contributed by atoms with Gasteiger partial charge in [0.15, 0.2) is 11.5 Å². The van der Waals surface area contributed by atoms with E-state index in [1.54, 1.807) is 5.56 Å². The van der Waals surface area contributed by atoms with E-state index in [2.05, 4.69) is 63.8 Å². The predicted octanol–water partition coefficient (Wildman–Crippen LogP) is 5.39. The fraction of sp³-hybridized carbons (Fsp3) is 0.485. The summed E-state index contributed by atoms with van der Waals surface area (Å²) in [6.07, 6.45) is 8.52. The van der Waals surface area contributed by atoms with Crippen LogP contribution in [-0.2, 0) is 18.3 Å². The van der Waals surface area contributed by atoms with Crippen molar-refractivity contribution in [3.8, 4) is 0 Å². The molecule has 1 saturated carbocycles. The zero-order chi connectivity index (χ0) is 28.6. The van der Waals surface area contributed by atoms with E-state index in [1.807, 2.05) is 13.0 Å². The second-order valence-corrected chi connectivity index (χ2v) is 12.1. The van der Waals surface area contributed by atoms with Gasteiger partial charge in [0.05, 0.1) is 11.8 Å². The number of nitrogens with two attached hydrogens (primary N) is 1. The number of benzene rings is 2. The molecule has 3 aliphatic rings. The Balaban J connectivity index is 1.19. The molecule has 2 heterocycles. The number of amides is 1. The van der Waals surface area contributed by atoms with Gasteiger partial charge >= 0.3 is 0 Å². The standard InChI is InChI=1S/C33H42N6O2/c1-3-27-31(35-23-8-11-25(40)12-9-23)38-32(29(37-27)30(34)41)36-24-10-13-28(21(2)20-24)39-18-16-33(17-19-39)15-14-22-6-4-5-7-26(22)33/h4-7,10,13,20,23,25,40H,3,8-9,11-12,14-19H2,1-2H3,(H2,34,41)(H2,35,36,38). The fourth-order valence-electron chi connectivity index (χ4n) is 7.19.